The number of ketones is 1. The van der Waals surface area contributed by atoms with E-state index in [9.17, 15) is 9.59 Å². The van der Waals surface area contributed by atoms with E-state index in [1.807, 2.05) is 26.1 Å². The van der Waals surface area contributed by atoms with Crippen molar-refractivity contribution in [2.24, 2.45) is 0 Å². The lowest BCUT2D eigenvalue weighted by Gasteiger charge is -2.39. The number of hydrogen-bond acceptors (Lipinski definition) is 7. The van der Waals surface area contributed by atoms with Crippen LogP contribution in [0.25, 0.3) is 10.9 Å². The van der Waals surface area contributed by atoms with Gasteiger partial charge in [0.1, 0.15) is 6.54 Å². The molecular weight excluding hydrogens is 534 g/mol. The monoisotopic (exact) mass is 575 g/mol. The third-order valence-electron chi connectivity index (χ3n) is 7.83. The Morgan fingerprint density at radius 3 is 2.44 bits per heavy atom. The number of aromatic nitrogens is 6. The average molecular weight is 576 g/mol. The van der Waals surface area contributed by atoms with Gasteiger partial charge >= 0.3 is 0 Å². The molecule has 0 unspecified atom stereocenters. The Morgan fingerprint density at radius 2 is 1.78 bits per heavy atom. The number of hydrogen-bond donors (Lipinski definition) is 1. The van der Waals surface area contributed by atoms with E-state index in [4.69, 9.17) is 4.43 Å². The van der Waals surface area contributed by atoms with Crippen LogP contribution >= 0.6 is 0 Å². The molecule has 4 heterocycles. The van der Waals surface area contributed by atoms with Gasteiger partial charge in [0.2, 0.25) is 5.91 Å². The molecule has 0 atom stereocenters. The molecule has 4 rings (SSSR count). The first-order valence-corrected chi connectivity index (χ1v) is 16.8. The van der Waals surface area contributed by atoms with E-state index in [1.165, 1.54) is 17.1 Å². The highest BCUT2D eigenvalue weighted by Gasteiger charge is 2.39. The van der Waals surface area contributed by atoms with Gasteiger partial charge in [0, 0.05) is 47.5 Å². The van der Waals surface area contributed by atoms with Crippen LogP contribution < -0.4 is 5.32 Å². The molecule has 4 aromatic heterocycles. The lowest BCUT2D eigenvalue weighted by Crippen LogP contribution is -2.45. The molecule has 0 aromatic carbocycles. The fourth-order valence-electron chi connectivity index (χ4n) is 4.19. The van der Waals surface area contributed by atoms with Gasteiger partial charge in [0.15, 0.2) is 14.1 Å². The summed E-state index contributed by atoms with van der Waals surface area (Å²) in [5, 5.41) is 11.8. The number of fused-ring (bicyclic) bond motifs is 1. The van der Waals surface area contributed by atoms with E-state index in [1.54, 1.807) is 24.7 Å². The fraction of sp³-hybridized carbons (Fsp3) is 0.467. The largest absolute Gasteiger partial charge is 0.414 e. The minimum Gasteiger partial charge on any atom is -0.414 e. The van der Waals surface area contributed by atoms with Gasteiger partial charge < -0.3 is 14.3 Å². The molecule has 0 aliphatic carbocycles. The molecule has 0 saturated heterocycles. The highest BCUT2D eigenvalue weighted by molar-refractivity contribution is 6.74. The van der Waals surface area contributed by atoms with E-state index in [-0.39, 0.29) is 29.2 Å². The van der Waals surface area contributed by atoms with Crippen molar-refractivity contribution in [3.8, 4) is 0 Å². The molecule has 0 radical (unpaired) electrons. The van der Waals surface area contributed by atoms with Crippen molar-refractivity contribution in [1.82, 2.24) is 29.5 Å². The summed E-state index contributed by atoms with van der Waals surface area (Å²) in [5.74, 6) is -0.277. The zero-order valence-electron chi connectivity index (χ0n) is 25.5. The molecular formula is C30H41N7O3Si. The smallest absolute Gasteiger partial charge is 0.246 e. The summed E-state index contributed by atoms with van der Waals surface area (Å²) < 4.78 is 10.2. The standard InChI is InChI=1S/C30H41N7O3Si/c1-20(2)25-17-36(35-34-25)18-27(38)33-22-12-21(13-32-14-22)28(39)24-16-37(26-10-11-31-15-23(24)26)30(6,7)19-40-41(8,9)29(3,4)5/h10-17,20H,18-19H2,1-9H3,(H,33,38). The number of pyridine rings is 2. The Balaban J connectivity index is 1.57. The van der Waals surface area contributed by atoms with Crippen LogP contribution in [0.2, 0.25) is 18.1 Å². The second-order valence-corrected chi connectivity index (χ2v) is 17.8. The van der Waals surface area contributed by atoms with Gasteiger partial charge in [-0.15, -0.1) is 5.10 Å². The highest BCUT2D eigenvalue weighted by atomic mass is 28.4. The Bertz CT molecular complexity index is 1560. The molecule has 4 aromatic rings. The summed E-state index contributed by atoms with van der Waals surface area (Å²) in [4.78, 5) is 35.0. The van der Waals surface area contributed by atoms with Gasteiger partial charge in [-0.25, -0.2) is 4.68 Å². The van der Waals surface area contributed by atoms with Crippen LogP contribution in [0.5, 0.6) is 0 Å². The first kappa shape index (κ1) is 30.3. The van der Waals surface area contributed by atoms with E-state index in [0.717, 1.165) is 16.6 Å². The minimum absolute atomic E-state index is 0.00306. The van der Waals surface area contributed by atoms with Gasteiger partial charge in [-0.05, 0) is 50.0 Å². The van der Waals surface area contributed by atoms with E-state index in [2.05, 4.69) is 77.9 Å². The van der Waals surface area contributed by atoms with E-state index >= 15 is 0 Å². The van der Waals surface area contributed by atoms with Crippen molar-refractivity contribution >= 4 is 36.6 Å². The number of carbonyl (C=O) groups is 2. The Labute approximate surface area is 242 Å². The van der Waals surface area contributed by atoms with Crippen LogP contribution in [-0.4, -0.2) is 56.1 Å². The number of rotatable bonds is 10. The lowest BCUT2D eigenvalue weighted by molar-refractivity contribution is -0.116. The SMILES string of the molecule is CC(C)c1cn(CC(=O)Nc2cncc(C(=O)c3cn(C(C)(C)CO[Si](C)(C)C(C)(C)C)c4ccncc34)c2)nn1. The van der Waals surface area contributed by atoms with Crippen LogP contribution in [0.15, 0.2) is 49.3 Å². The molecule has 41 heavy (non-hydrogen) atoms. The summed E-state index contributed by atoms with van der Waals surface area (Å²) >= 11 is 0. The summed E-state index contributed by atoms with van der Waals surface area (Å²) in [6.45, 7) is 19.9. The zero-order valence-corrected chi connectivity index (χ0v) is 26.5. The highest BCUT2D eigenvalue weighted by Crippen LogP contribution is 2.38. The molecule has 11 heteroatoms. The first-order chi connectivity index (χ1) is 19.1. The molecule has 218 valence electrons. The fourth-order valence-corrected chi connectivity index (χ4v) is 5.34. The van der Waals surface area contributed by atoms with Gasteiger partial charge in [-0.1, -0.05) is 39.8 Å². The predicted molar refractivity (Wildman–Crippen MR) is 163 cm³/mol. The number of carbonyl (C=O) groups excluding carboxylic acids is 2. The summed E-state index contributed by atoms with van der Waals surface area (Å²) in [6.07, 6.45) is 10.1. The van der Waals surface area contributed by atoms with Gasteiger partial charge in [0.25, 0.3) is 0 Å². The summed E-state index contributed by atoms with van der Waals surface area (Å²) in [5.41, 5.74) is 2.61. The molecule has 1 N–H and O–H groups in total. The maximum atomic E-state index is 13.8. The molecule has 0 bridgehead atoms. The first-order valence-electron chi connectivity index (χ1n) is 13.9. The average Bonchev–Trinajstić information content (AvgIpc) is 3.52. The molecule has 0 spiro atoms. The number of amides is 1. The van der Waals surface area contributed by atoms with Crippen LogP contribution in [0.4, 0.5) is 5.69 Å². The molecule has 0 aliphatic heterocycles. The van der Waals surface area contributed by atoms with Crippen LogP contribution in [0, 0.1) is 0 Å². The predicted octanol–water partition coefficient (Wildman–Crippen LogP) is 5.77. The normalized spacial score (nSPS) is 12.7. The van der Waals surface area contributed by atoms with Crippen molar-refractivity contribution in [3.63, 3.8) is 0 Å². The van der Waals surface area contributed by atoms with Crippen molar-refractivity contribution in [2.45, 2.75) is 84.6 Å². The second kappa shape index (κ2) is 11.3. The second-order valence-electron chi connectivity index (χ2n) is 13.0. The molecule has 0 saturated carbocycles. The van der Waals surface area contributed by atoms with Crippen molar-refractivity contribution in [2.75, 3.05) is 11.9 Å². The minimum atomic E-state index is -1.98. The van der Waals surface area contributed by atoms with Gasteiger partial charge in [0.05, 0.1) is 35.2 Å². The number of nitrogens with one attached hydrogen (secondary N) is 1. The Morgan fingerprint density at radius 1 is 1.05 bits per heavy atom. The quantitative estimate of drug-likeness (QED) is 0.188. The lowest BCUT2D eigenvalue weighted by atomic mass is 10.0. The molecule has 0 aliphatic rings. The zero-order chi connectivity index (χ0) is 30.2. The van der Waals surface area contributed by atoms with Crippen LogP contribution in [0.1, 0.15) is 76.0 Å². The van der Waals surface area contributed by atoms with E-state index < -0.39 is 13.9 Å². The summed E-state index contributed by atoms with van der Waals surface area (Å²) in [7, 11) is -1.98. The van der Waals surface area contributed by atoms with Gasteiger partial charge in [-0.3, -0.25) is 19.6 Å². The van der Waals surface area contributed by atoms with Crippen molar-refractivity contribution < 1.29 is 14.0 Å². The maximum Gasteiger partial charge on any atom is 0.246 e. The Kier molecular flexibility index (Phi) is 8.33. The third-order valence-corrected chi connectivity index (χ3v) is 12.3. The molecule has 1 amide bonds. The van der Waals surface area contributed by atoms with E-state index in [0.29, 0.717) is 23.4 Å². The number of anilines is 1. The van der Waals surface area contributed by atoms with Gasteiger partial charge in [-0.2, -0.15) is 0 Å². The topological polar surface area (TPSA) is 117 Å². The van der Waals surface area contributed by atoms with Crippen LogP contribution in [0.3, 0.4) is 0 Å². The third kappa shape index (κ3) is 6.62. The molecule has 0 fully saturated rings. The molecule has 10 nitrogen and oxygen atoms in total. The Hall–Kier alpha value is -3.70. The van der Waals surface area contributed by atoms with Crippen molar-refractivity contribution in [3.05, 3.63) is 66.1 Å². The maximum absolute atomic E-state index is 13.8. The number of nitrogens with zero attached hydrogens (tertiary/aromatic N) is 6. The van der Waals surface area contributed by atoms with Crippen LogP contribution in [-0.2, 0) is 21.3 Å². The van der Waals surface area contributed by atoms with Crippen molar-refractivity contribution in [1.29, 1.82) is 0 Å². The summed E-state index contributed by atoms with van der Waals surface area (Å²) in [6, 6.07) is 3.56.